The number of esters is 2. The standard InChI is InChI=1S/C67H124O5/c1-4-7-10-13-16-19-22-25-28-31-34-36-39-42-45-48-51-54-57-60-66(68)71-64-65(63-70-62-59-56-53-50-47-44-41-38-33-30-27-24-21-18-15-12-9-6-3)72-67(69)61-58-55-52-49-46-43-40-37-35-32-29-26-23-20-17-14-11-8-5-2/h18,21,25-30,65H,4-17,19-20,22-24,31-64H2,1-3H3/b21-18-,28-25-,29-26-,30-27-. The lowest BCUT2D eigenvalue weighted by Gasteiger charge is -2.18. The van der Waals surface area contributed by atoms with Crippen LogP contribution in [-0.2, 0) is 23.8 Å². The highest BCUT2D eigenvalue weighted by Gasteiger charge is 2.18. The third-order valence-electron chi connectivity index (χ3n) is 14.3. The second kappa shape index (κ2) is 63.2. The van der Waals surface area contributed by atoms with E-state index in [1.807, 2.05) is 0 Å². The third-order valence-corrected chi connectivity index (χ3v) is 14.3. The van der Waals surface area contributed by atoms with Crippen molar-refractivity contribution >= 4 is 11.9 Å². The fourth-order valence-electron chi connectivity index (χ4n) is 9.47. The molecule has 0 fully saturated rings. The van der Waals surface area contributed by atoms with Crippen LogP contribution in [0.15, 0.2) is 48.6 Å². The van der Waals surface area contributed by atoms with Gasteiger partial charge in [-0.1, -0.05) is 275 Å². The van der Waals surface area contributed by atoms with Crippen molar-refractivity contribution in [2.75, 3.05) is 19.8 Å². The van der Waals surface area contributed by atoms with Crippen LogP contribution < -0.4 is 0 Å². The molecule has 0 spiro atoms. The van der Waals surface area contributed by atoms with Crippen molar-refractivity contribution in [3.05, 3.63) is 48.6 Å². The lowest BCUT2D eigenvalue weighted by molar-refractivity contribution is -0.163. The molecule has 0 heterocycles. The van der Waals surface area contributed by atoms with Crippen molar-refractivity contribution in [3.63, 3.8) is 0 Å². The molecule has 0 radical (unpaired) electrons. The zero-order chi connectivity index (χ0) is 52.0. The highest BCUT2D eigenvalue weighted by molar-refractivity contribution is 5.70. The smallest absolute Gasteiger partial charge is 0.306 e. The molecule has 422 valence electrons. The summed E-state index contributed by atoms with van der Waals surface area (Å²) in [5, 5.41) is 0. The van der Waals surface area contributed by atoms with Crippen LogP contribution in [-0.4, -0.2) is 37.9 Å². The first kappa shape index (κ1) is 69.9. The summed E-state index contributed by atoms with van der Waals surface area (Å²) in [6, 6.07) is 0. The molecule has 0 saturated carbocycles. The van der Waals surface area contributed by atoms with Crippen molar-refractivity contribution in [2.45, 2.75) is 348 Å². The highest BCUT2D eigenvalue weighted by atomic mass is 16.6. The minimum absolute atomic E-state index is 0.0843. The van der Waals surface area contributed by atoms with Gasteiger partial charge in [-0.25, -0.2) is 0 Å². The van der Waals surface area contributed by atoms with Gasteiger partial charge in [-0.3, -0.25) is 9.59 Å². The Balaban J connectivity index is 4.26. The van der Waals surface area contributed by atoms with E-state index in [1.54, 1.807) is 0 Å². The third kappa shape index (κ3) is 60.4. The SMILES string of the molecule is CCCCC/C=C\C/C=C\CCCCCCCCCCOCC(COC(=O)CCCCCCCCCCC/C=C\CCCCCCCC)OC(=O)CCCCCCCCCCC/C=C\CCCCCCCC. The lowest BCUT2D eigenvalue weighted by atomic mass is 10.1. The van der Waals surface area contributed by atoms with Crippen LogP contribution >= 0.6 is 0 Å². The van der Waals surface area contributed by atoms with Gasteiger partial charge in [-0.05, 0) is 103 Å². The van der Waals surface area contributed by atoms with Crippen LogP contribution in [0.1, 0.15) is 342 Å². The predicted molar refractivity (Wildman–Crippen MR) is 316 cm³/mol. The van der Waals surface area contributed by atoms with Crippen LogP contribution in [0, 0.1) is 0 Å². The van der Waals surface area contributed by atoms with Gasteiger partial charge in [-0.15, -0.1) is 0 Å². The van der Waals surface area contributed by atoms with Gasteiger partial charge in [0.1, 0.15) is 6.61 Å². The van der Waals surface area contributed by atoms with E-state index < -0.39 is 6.10 Å². The van der Waals surface area contributed by atoms with E-state index in [0.29, 0.717) is 19.4 Å². The van der Waals surface area contributed by atoms with E-state index in [2.05, 4.69) is 69.4 Å². The predicted octanol–water partition coefficient (Wildman–Crippen LogP) is 22.2. The second-order valence-electron chi connectivity index (χ2n) is 21.7. The molecule has 5 heteroatoms. The minimum atomic E-state index is -0.541. The number of unbranched alkanes of at least 4 members (excludes halogenated alkanes) is 41. The summed E-state index contributed by atoms with van der Waals surface area (Å²) in [7, 11) is 0. The largest absolute Gasteiger partial charge is 0.462 e. The first-order valence-electron chi connectivity index (χ1n) is 32.2. The summed E-state index contributed by atoms with van der Waals surface area (Å²) >= 11 is 0. The summed E-state index contributed by atoms with van der Waals surface area (Å²) in [6.45, 7) is 7.84. The number of ether oxygens (including phenoxy) is 3. The van der Waals surface area contributed by atoms with Crippen molar-refractivity contribution in [3.8, 4) is 0 Å². The highest BCUT2D eigenvalue weighted by Crippen LogP contribution is 2.16. The number of carbonyl (C=O) groups is 2. The fraction of sp³-hybridized carbons (Fsp3) is 0.851. The van der Waals surface area contributed by atoms with Crippen molar-refractivity contribution in [1.82, 2.24) is 0 Å². The Bertz CT molecular complexity index is 1190. The number of hydrogen-bond acceptors (Lipinski definition) is 5. The Labute approximate surface area is 450 Å². The number of rotatable bonds is 60. The first-order chi connectivity index (χ1) is 35.6. The molecule has 0 aliphatic heterocycles. The normalized spacial score (nSPS) is 12.4. The quantitative estimate of drug-likeness (QED) is 0.0345. The summed E-state index contributed by atoms with van der Waals surface area (Å²) in [4.78, 5) is 25.6. The van der Waals surface area contributed by atoms with E-state index in [9.17, 15) is 9.59 Å². The number of hydrogen-bond donors (Lipinski definition) is 0. The molecule has 0 rings (SSSR count). The molecule has 0 aliphatic rings. The Hall–Kier alpha value is -2.14. The lowest BCUT2D eigenvalue weighted by Crippen LogP contribution is -2.30. The van der Waals surface area contributed by atoms with Gasteiger partial charge < -0.3 is 14.2 Å². The fourth-order valence-corrected chi connectivity index (χ4v) is 9.47. The Morgan fingerprint density at radius 2 is 0.583 bits per heavy atom. The maximum absolute atomic E-state index is 12.9. The average Bonchev–Trinajstić information content (AvgIpc) is 3.38. The molecule has 0 N–H and O–H groups in total. The summed E-state index contributed by atoms with van der Waals surface area (Å²) in [6.07, 6.45) is 80.0. The molecule has 0 aliphatic carbocycles. The molecule has 1 atom stereocenters. The first-order valence-corrected chi connectivity index (χ1v) is 32.2. The van der Waals surface area contributed by atoms with Crippen LogP contribution in [0.2, 0.25) is 0 Å². The van der Waals surface area contributed by atoms with Gasteiger partial charge in [0.25, 0.3) is 0 Å². The van der Waals surface area contributed by atoms with Gasteiger partial charge in [0, 0.05) is 19.4 Å². The second-order valence-corrected chi connectivity index (χ2v) is 21.7. The average molecular weight is 1010 g/mol. The molecule has 0 saturated heterocycles. The van der Waals surface area contributed by atoms with E-state index in [-0.39, 0.29) is 25.2 Å². The molecule has 0 aromatic rings. The molecule has 72 heavy (non-hydrogen) atoms. The van der Waals surface area contributed by atoms with Crippen molar-refractivity contribution in [2.24, 2.45) is 0 Å². The van der Waals surface area contributed by atoms with Crippen LogP contribution in [0.3, 0.4) is 0 Å². The molecular weight excluding hydrogens is 885 g/mol. The van der Waals surface area contributed by atoms with Crippen LogP contribution in [0.25, 0.3) is 0 Å². The van der Waals surface area contributed by atoms with Crippen molar-refractivity contribution < 1.29 is 23.8 Å². The maximum atomic E-state index is 12.9. The minimum Gasteiger partial charge on any atom is -0.462 e. The van der Waals surface area contributed by atoms with Crippen LogP contribution in [0.5, 0.6) is 0 Å². The zero-order valence-corrected chi connectivity index (χ0v) is 48.7. The number of carbonyl (C=O) groups excluding carboxylic acids is 2. The Morgan fingerprint density at radius 1 is 0.306 bits per heavy atom. The molecule has 1 unspecified atom stereocenters. The molecule has 0 aromatic carbocycles. The summed E-state index contributed by atoms with van der Waals surface area (Å²) in [5.41, 5.74) is 0. The molecular formula is C67H124O5. The topological polar surface area (TPSA) is 61.8 Å². The maximum Gasteiger partial charge on any atom is 0.306 e. The van der Waals surface area contributed by atoms with Gasteiger partial charge in [0.15, 0.2) is 6.10 Å². The van der Waals surface area contributed by atoms with Crippen molar-refractivity contribution in [1.29, 1.82) is 0 Å². The zero-order valence-electron chi connectivity index (χ0n) is 48.7. The van der Waals surface area contributed by atoms with E-state index in [0.717, 1.165) is 44.9 Å². The van der Waals surface area contributed by atoms with E-state index in [1.165, 1.54) is 263 Å². The van der Waals surface area contributed by atoms with Gasteiger partial charge in [0.2, 0.25) is 0 Å². The molecule has 5 nitrogen and oxygen atoms in total. The Kier molecular flexibility index (Phi) is 61.3. The van der Waals surface area contributed by atoms with Gasteiger partial charge >= 0.3 is 11.9 Å². The van der Waals surface area contributed by atoms with Crippen LogP contribution in [0.4, 0.5) is 0 Å². The van der Waals surface area contributed by atoms with Gasteiger partial charge in [-0.2, -0.15) is 0 Å². The molecule has 0 bridgehead atoms. The molecule has 0 aromatic heterocycles. The summed E-state index contributed by atoms with van der Waals surface area (Å²) < 4.78 is 17.6. The van der Waals surface area contributed by atoms with E-state index in [4.69, 9.17) is 14.2 Å². The molecule has 0 amide bonds. The van der Waals surface area contributed by atoms with E-state index >= 15 is 0 Å². The summed E-state index contributed by atoms with van der Waals surface area (Å²) in [5.74, 6) is -0.386. The van der Waals surface area contributed by atoms with Gasteiger partial charge in [0.05, 0.1) is 6.61 Å². The monoisotopic (exact) mass is 1010 g/mol. The number of allylic oxidation sites excluding steroid dienone is 8. The Morgan fingerprint density at radius 3 is 0.958 bits per heavy atom.